The number of carbonyl (C=O) groups is 1. The Bertz CT molecular complexity index is 624. The zero-order valence-corrected chi connectivity index (χ0v) is 14.2. The van der Waals surface area contributed by atoms with Crippen molar-refractivity contribution in [1.29, 1.82) is 0 Å². The van der Waals surface area contributed by atoms with Gasteiger partial charge in [0.15, 0.2) is 0 Å². The highest BCUT2D eigenvalue weighted by Crippen LogP contribution is 2.40. The Kier molecular flexibility index (Phi) is 4.82. The fourth-order valence-corrected chi connectivity index (χ4v) is 3.56. The molecule has 7 heteroatoms. The first-order valence-electron chi connectivity index (χ1n) is 8.24. The Morgan fingerprint density at radius 2 is 2.39 bits per heavy atom. The average molecular weight is 338 g/mol. The number of nitrogens with one attached hydrogen (secondary N) is 3. The second-order valence-electron chi connectivity index (χ2n) is 6.21. The highest BCUT2D eigenvalue weighted by atomic mass is 35.5. The highest BCUT2D eigenvalue weighted by molar-refractivity contribution is 6.33. The monoisotopic (exact) mass is 337 g/mol. The Morgan fingerprint density at radius 3 is 3.13 bits per heavy atom. The van der Waals surface area contributed by atoms with Gasteiger partial charge in [-0.3, -0.25) is 4.79 Å². The maximum Gasteiger partial charge on any atom is 0.224 e. The van der Waals surface area contributed by atoms with E-state index >= 15 is 0 Å². The second kappa shape index (κ2) is 6.84. The third kappa shape index (κ3) is 3.33. The third-order valence-corrected chi connectivity index (χ3v) is 4.63. The number of amides is 1. The van der Waals surface area contributed by atoms with Crippen LogP contribution in [-0.2, 0) is 4.79 Å². The van der Waals surface area contributed by atoms with Gasteiger partial charge >= 0.3 is 0 Å². The smallest absolute Gasteiger partial charge is 0.224 e. The minimum atomic E-state index is 0.0192. The van der Waals surface area contributed by atoms with E-state index < -0.39 is 0 Å². The van der Waals surface area contributed by atoms with E-state index in [9.17, 15) is 4.79 Å². The third-order valence-electron chi connectivity index (χ3n) is 4.32. The van der Waals surface area contributed by atoms with Gasteiger partial charge in [-0.25, -0.2) is 0 Å². The Morgan fingerprint density at radius 1 is 1.57 bits per heavy atom. The van der Waals surface area contributed by atoms with Crippen molar-refractivity contribution in [3.63, 3.8) is 0 Å². The molecule has 0 saturated carbocycles. The summed E-state index contributed by atoms with van der Waals surface area (Å²) in [4.78, 5) is 17.4. The fourth-order valence-electron chi connectivity index (χ4n) is 3.28. The maximum absolute atomic E-state index is 12.0. The van der Waals surface area contributed by atoms with Gasteiger partial charge < -0.3 is 26.3 Å². The molecule has 0 aliphatic carbocycles. The van der Waals surface area contributed by atoms with Crippen molar-refractivity contribution in [1.82, 2.24) is 9.88 Å². The number of piperidine rings is 1. The Hall–Kier alpha value is -1.66. The average Bonchev–Trinajstić information content (AvgIpc) is 2.90. The number of nitrogens with two attached hydrogens (primary N) is 1. The molecule has 5 N–H and O–H groups in total. The lowest BCUT2D eigenvalue weighted by Gasteiger charge is -2.37. The van der Waals surface area contributed by atoms with Crippen LogP contribution in [0, 0.1) is 0 Å². The first-order valence-corrected chi connectivity index (χ1v) is 8.62. The predicted molar refractivity (Wildman–Crippen MR) is 94.4 cm³/mol. The summed E-state index contributed by atoms with van der Waals surface area (Å²) in [5.74, 6) is 0.918. The first kappa shape index (κ1) is 16.2. The van der Waals surface area contributed by atoms with Crippen molar-refractivity contribution in [2.45, 2.75) is 38.6 Å². The molecule has 0 radical (unpaired) electrons. The van der Waals surface area contributed by atoms with E-state index in [1.807, 2.05) is 13.1 Å². The molecule has 3 heterocycles. The summed E-state index contributed by atoms with van der Waals surface area (Å²) in [6.45, 7) is 4.30. The van der Waals surface area contributed by atoms with E-state index in [-0.39, 0.29) is 11.9 Å². The number of aromatic amines is 1. The lowest BCUT2D eigenvalue weighted by molar-refractivity contribution is -0.116. The normalized spacial score (nSPS) is 21.0. The van der Waals surface area contributed by atoms with Gasteiger partial charge in [0.25, 0.3) is 0 Å². The summed E-state index contributed by atoms with van der Waals surface area (Å²) in [5.41, 5.74) is 8.84. The number of halogens is 1. The van der Waals surface area contributed by atoms with E-state index in [1.165, 1.54) is 0 Å². The van der Waals surface area contributed by atoms with Gasteiger partial charge in [0.05, 0.1) is 28.5 Å². The molecule has 2 aliphatic rings. The molecule has 1 fully saturated rings. The number of nitrogens with zero attached hydrogens (tertiary/aromatic N) is 1. The molecule has 126 valence electrons. The van der Waals surface area contributed by atoms with Crippen LogP contribution < -0.4 is 16.4 Å². The molecule has 0 unspecified atom stereocenters. The topological polar surface area (TPSA) is 86.2 Å². The summed E-state index contributed by atoms with van der Waals surface area (Å²) in [6.07, 6.45) is 5.25. The van der Waals surface area contributed by atoms with Gasteiger partial charge in [0.2, 0.25) is 5.91 Å². The van der Waals surface area contributed by atoms with Gasteiger partial charge in [-0.05, 0) is 19.3 Å². The van der Waals surface area contributed by atoms with Crippen LogP contribution >= 0.6 is 11.6 Å². The van der Waals surface area contributed by atoms with E-state index in [2.05, 4.69) is 20.5 Å². The number of hydrogen-bond acceptors (Lipinski definition) is 4. The van der Waals surface area contributed by atoms with Gasteiger partial charge in [0, 0.05) is 31.7 Å². The van der Waals surface area contributed by atoms with Crippen LogP contribution in [0.3, 0.4) is 0 Å². The molecular formula is C16H24ClN5O. The summed E-state index contributed by atoms with van der Waals surface area (Å²) < 4.78 is 0. The van der Waals surface area contributed by atoms with Gasteiger partial charge in [-0.15, -0.1) is 0 Å². The molecule has 0 bridgehead atoms. The number of anilines is 2. The van der Waals surface area contributed by atoms with E-state index in [1.54, 1.807) is 0 Å². The molecule has 0 aromatic carbocycles. The first-order chi connectivity index (χ1) is 11.1. The number of hydrogen-bond donors (Lipinski definition) is 4. The summed E-state index contributed by atoms with van der Waals surface area (Å²) >= 11 is 6.53. The lowest BCUT2D eigenvalue weighted by atomic mass is 10.0. The number of rotatable bonds is 4. The second-order valence-corrected chi connectivity index (χ2v) is 6.66. The molecule has 1 atom stereocenters. The number of fused-ring (bicyclic) bond motifs is 1. The molecule has 3 rings (SSSR count). The molecule has 23 heavy (non-hydrogen) atoms. The molecule has 1 amide bonds. The summed E-state index contributed by atoms with van der Waals surface area (Å²) in [6, 6.07) is 0.163. The van der Waals surface area contributed by atoms with Crippen LogP contribution in [0.25, 0.3) is 5.70 Å². The SMILES string of the molecule is CCCC(=O)Nc1c[nH]c2c1C(N1CCC[C@@H](N)C1)=C(Cl)CN2. The van der Waals surface area contributed by atoms with Crippen molar-refractivity contribution < 1.29 is 4.79 Å². The van der Waals surface area contributed by atoms with Crippen LogP contribution in [0.15, 0.2) is 11.2 Å². The number of carbonyl (C=O) groups excluding carboxylic acids is 1. The van der Waals surface area contributed by atoms with Crippen LogP contribution in [0.1, 0.15) is 38.2 Å². The summed E-state index contributed by atoms with van der Waals surface area (Å²) in [5, 5.41) is 7.02. The minimum Gasteiger partial charge on any atom is -0.368 e. The van der Waals surface area contributed by atoms with E-state index in [4.69, 9.17) is 17.3 Å². The van der Waals surface area contributed by atoms with Crippen molar-refractivity contribution in [2.75, 3.05) is 30.3 Å². The molecule has 1 aromatic heterocycles. The van der Waals surface area contributed by atoms with Crippen molar-refractivity contribution >= 4 is 34.7 Å². The van der Waals surface area contributed by atoms with Crippen molar-refractivity contribution in [2.24, 2.45) is 5.73 Å². The van der Waals surface area contributed by atoms with Gasteiger partial charge in [-0.2, -0.15) is 0 Å². The van der Waals surface area contributed by atoms with Crippen LogP contribution in [0.2, 0.25) is 0 Å². The number of H-pyrrole nitrogens is 1. The standard InChI is InChI=1S/C16H24ClN5O/c1-2-4-13(23)21-12-8-20-16-14(12)15(11(17)7-19-16)22-6-3-5-10(18)9-22/h8,10,19-20H,2-7,9,18H2,1H3,(H,21,23)/t10-/m1/s1. The van der Waals surface area contributed by atoms with E-state index in [0.29, 0.717) is 13.0 Å². The highest BCUT2D eigenvalue weighted by Gasteiger charge is 2.29. The Labute approximate surface area is 141 Å². The maximum atomic E-state index is 12.0. The Balaban J connectivity index is 1.92. The number of likely N-dealkylation sites (tertiary alicyclic amines) is 1. The lowest BCUT2D eigenvalue weighted by Crippen LogP contribution is -2.42. The van der Waals surface area contributed by atoms with Gasteiger partial charge in [0.1, 0.15) is 5.82 Å². The van der Waals surface area contributed by atoms with Crippen molar-refractivity contribution in [3.05, 3.63) is 16.8 Å². The van der Waals surface area contributed by atoms with Crippen LogP contribution in [0.5, 0.6) is 0 Å². The molecule has 1 aromatic rings. The molecule has 6 nitrogen and oxygen atoms in total. The van der Waals surface area contributed by atoms with Gasteiger partial charge in [-0.1, -0.05) is 18.5 Å². The van der Waals surface area contributed by atoms with Crippen molar-refractivity contribution in [3.8, 4) is 0 Å². The zero-order chi connectivity index (χ0) is 16.4. The molecule has 1 saturated heterocycles. The predicted octanol–water partition coefficient (Wildman–Crippen LogP) is 2.51. The fraction of sp³-hybridized carbons (Fsp3) is 0.562. The number of aromatic nitrogens is 1. The minimum absolute atomic E-state index is 0.0192. The molecule has 2 aliphatic heterocycles. The zero-order valence-electron chi connectivity index (χ0n) is 13.4. The van der Waals surface area contributed by atoms with Crippen LogP contribution in [0.4, 0.5) is 11.5 Å². The summed E-state index contributed by atoms with van der Waals surface area (Å²) in [7, 11) is 0. The molecular weight excluding hydrogens is 314 g/mol. The quantitative estimate of drug-likeness (QED) is 0.680. The van der Waals surface area contributed by atoms with E-state index in [0.717, 1.165) is 60.2 Å². The largest absolute Gasteiger partial charge is 0.368 e. The molecule has 0 spiro atoms. The van der Waals surface area contributed by atoms with Crippen LogP contribution in [-0.4, -0.2) is 41.5 Å².